The van der Waals surface area contributed by atoms with Crippen LogP contribution in [0.25, 0.3) is 0 Å². The summed E-state index contributed by atoms with van der Waals surface area (Å²) in [6.07, 6.45) is 3.20. The molecule has 3 nitrogen and oxygen atoms in total. The van der Waals surface area contributed by atoms with Crippen LogP contribution in [0.2, 0.25) is 0 Å². The third kappa shape index (κ3) is 2.22. The first kappa shape index (κ1) is 9.45. The van der Waals surface area contributed by atoms with Crippen molar-refractivity contribution in [1.82, 2.24) is 4.98 Å². The van der Waals surface area contributed by atoms with Crippen LogP contribution in [-0.2, 0) is 0 Å². The van der Waals surface area contributed by atoms with Crippen LogP contribution in [0, 0.1) is 5.82 Å². The fourth-order valence-corrected chi connectivity index (χ4v) is 1.11. The fourth-order valence-electron chi connectivity index (χ4n) is 1.11. The summed E-state index contributed by atoms with van der Waals surface area (Å²) in [6.45, 7) is 0. The minimum absolute atomic E-state index is 0.108. The number of anilines is 1. The van der Waals surface area contributed by atoms with E-state index < -0.39 is 5.82 Å². The Hall–Kier alpha value is -2.10. The third-order valence-electron chi connectivity index (χ3n) is 1.86. The van der Waals surface area contributed by atoms with Crippen LogP contribution in [0.1, 0.15) is 0 Å². The number of hydrogen-bond acceptors (Lipinski definition) is 3. The molecule has 0 fully saturated rings. The smallest absolute Gasteiger partial charge is 0.149 e. The lowest BCUT2D eigenvalue weighted by molar-refractivity contribution is 0.476. The highest BCUT2D eigenvalue weighted by molar-refractivity contribution is 5.44. The van der Waals surface area contributed by atoms with Gasteiger partial charge in [0.2, 0.25) is 0 Å². The molecule has 0 aliphatic carbocycles. The van der Waals surface area contributed by atoms with Crippen LogP contribution in [0.15, 0.2) is 42.7 Å². The number of aromatic nitrogens is 1. The van der Waals surface area contributed by atoms with E-state index in [-0.39, 0.29) is 5.69 Å². The average Bonchev–Trinajstić information content (AvgIpc) is 2.25. The van der Waals surface area contributed by atoms with Gasteiger partial charge in [-0.2, -0.15) is 0 Å². The fraction of sp³-hybridized carbons (Fsp3) is 0. The number of pyridine rings is 1. The second-order valence-corrected chi connectivity index (χ2v) is 2.97. The number of halogens is 1. The highest BCUT2D eigenvalue weighted by Crippen LogP contribution is 2.23. The lowest BCUT2D eigenvalue weighted by atomic mass is 10.3. The summed E-state index contributed by atoms with van der Waals surface area (Å²) in [7, 11) is 0. The zero-order valence-corrected chi connectivity index (χ0v) is 7.85. The maximum absolute atomic E-state index is 13.1. The summed E-state index contributed by atoms with van der Waals surface area (Å²) >= 11 is 0. The van der Waals surface area contributed by atoms with Gasteiger partial charge in [0.15, 0.2) is 0 Å². The van der Waals surface area contributed by atoms with Crippen molar-refractivity contribution in [2.45, 2.75) is 0 Å². The molecule has 1 heterocycles. The van der Waals surface area contributed by atoms with Crippen molar-refractivity contribution < 1.29 is 9.13 Å². The van der Waals surface area contributed by atoms with Crippen molar-refractivity contribution in [3.63, 3.8) is 0 Å². The van der Waals surface area contributed by atoms with Crippen molar-refractivity contribution in [2.75, 3.05) is 5.73 Å². The van der Waals surface area contributed by atoms with Crippen molar-refractivity contribution in [3.8, 4) is 11.5 Å². The average molecular weight is 204 g/mol. The van der Waals surface area contributed by atoms with Crippen molar-refractivity contribution in [2.24, 2.45) is 0 Å². The van der Waals surface area contributed by atoms with Crippen molar-refractivity contribution in [3.05, 3.63) is 48.5 Å². The standard InChI is InChI=1S/C11H9FN2O/c12-10-7-9(1-2-11(10)13)15-8-3-5-14-6-4-8/h1-7H,13H2. The largest absolute Gasteiger partial charge is 0.457 e. The zero-order chi connectivity index (χ0) is 10.7. The second kappa shape index (κ2) is 3.96. The Labute approximate surface area is 86.3 Å². The molecule has 2 N–H and O–H groups in total. The molecule has 0 spiro atoms. The minimum atomic E-state index is -0.485. The zero-order valence-electron chi connectivity index (χ0n) is 7.85. The molecule has 1 aromatic heterocycles. The van der Waals surface area contributed by atoms with Gasteiger partial charge in [-0.05, 0) is 24.3 Å². The summed E-state index contributed by atoms with van der Waals surface area (Å²) in [4.78, 5) is 3.84. The molecule has 15 heavy (non-hydrogen) atoms. The summed E-state index contributed by atoms with van der Waals surface area (Å²) < 4.78 is 18.4. The van der Waals surface area contributed by atoms with E-state index in [0.29, 0.717) is 11.5 Å². The SMILES string of the molecule is Nc1ccc(Oc2ccncc2)cc1F. The topological polar surface area (TPSA) is 48.1 Å². The van der Waals surface area contributed by atoms with Gasteiger partial charge < -0.3 is 10.5 Å². The van der Waals surface area contributed by atoms with Gasteiger partial charge in [-0.3, -0.25) is 4.98 Å². The lowest BCUT2D eigenvalue weighted by Crippen LogP contribution is -1.91. The van der Waals surface area contributed by atoms with Gasteiger partial charge in [-0.15, -0.1) is 0 Å². The normalized spacial score (nSPS) is 9.93. The molecule has 0 saturated carbocycles. The predicted molar refractivity (Wildman–Crippen MR) is 55.1 cm³/mol. The molecule has 0 atom stereocenters. The molecule has 0 aliphatic rings. The number of nitrogen functional groups attached to an aromatic ring is 1. The number of benzene rings is 1. The minimum Gasteiger partial charge on any atom is -0.457 e. The molecule has 76 valence electrons. The van der Waals surface area contributed by atoms with E-state index in [2.05, 4.69) is 4.98 Å². The maximum Gasteiger partial charge on any atom is 0.149 e. The number of hydrogen-bond donors (Lipinski definition) is 1. The van der Waals surface area contributed by atoms with E-state index in [1.807, 2.05) is 0 Å². The van der Waals surface area contributed by atoms with Crippen LogP contribution in [0.5, 0.6) is 11.5 Å². The molecule has 0 saturated heterocycles. The Morgan fingerprint density at radius 2 is 1.80 bits per heavy atom. The lowest BCUT2D eigenvalue weighted by Gasteiger charge is -2.05. The molecule has 0 radical (unpaired) electrons. The van der Waals surface area contributed by atoms with E-state index in [9.17, 15) is 4.39 Å². The van der Waals surface area contributed by atoms with Crippen molar-refractivity contribution >= 4 is 5.69 Å². The Morgan fingerprint density at radius 1 is 1.07 bits per heavy atom. The van der Waals surface area contributed by atoms with E-state index >= 15 is 0 Å². The Morgan fingerprint density at radius 3 is 2.47 bits per heavy atom. The summed E-state index contributed by atoms with van der Waals surface area (Å²) in [5, 5.41) is 0. The highest BCUT2D eigenvalue weighted by atomic mass is 19.1. The van der Waals surface area contributed by atoms with Crippen LogP contribution in [0.3, 0.4) is 0 Å². The van der Waals surface area contributed by atoms with E-state index in [1.54, 1.807) is 30.6 Å². The van der Waals surface area contributed by atoms with Gasteiger partial charge in [0, 0.05) is 18.5 Å². The Balaban J connectivity index is 2.22. The summed E-state index contributed by atoms with van der Waals surface area (Å²) in [5.74, 6) is 0.531. The van der Waals surface area contributed by atoms with E-state index in [4.69, 9.17) is 10.5 Å². The molecule has 2 aromatic rings. The molecule has 4 heteroatoms. The van der Waals surface area contributed by atoms with Gasteiger partial charge in [-0.25, -0.2) is 4.39 Å². The Kier molecular flexibility index (Phi) is 2.49. The monoisotopic (exact) mass is 204 g/mol. The predicted octanol–water partition coefficient (Wildman–Crippen LogP) is 2.60. The maximum atomic E-state index is 13.1. The first-order chi connectivity index (χ1) is 7.25. The van der Waals surface area contributed by atoms with Crippen molar-refractivity contribution in [1.29, 1.82) is 0 Å². The van der Waals surface area contributed by atoms with E-state index in [1.165, 1.54) is 12.1 Å². The number of nitrogens with two attached hydrogens (primary N) is 1. The van der Waals surface area contributed by atoms with E-state index in [0.717, 1.165) is 0 Å². The third-order valence-corrected chi connectivity index (χ3v) is 1.86. The van der Waals surface area contributed by atoms with Gasteiger partial charge in [0.05, 0.1) is 5.69 Å². The van der Waals surface area contributed by atoms with Gasteiger partial charge >= 0.3 is 0 Å². The first-order valence-corrected chi connectivity index (χ1v) is 4.38. The number of ether oxygens (including phenoxy) is 1. The van der Waals surface area contributed by atoms with Gasteiger partial charge in [0.1, 0.15) is 17.3 Å². The molecular formula is C11H9FN2O. The van der Waals surface area contributed by atoms with Gasteiger partial charge in [-0.1, -0.05) is 0 Å². The molecule has 0 amide bonds. The second-order valence-electron chi connectivity index (χ2n) is 2.97. The number of rotatable bonds is 2. The molecule has 0 bridgehead atoms. The van der Waals surface area contributed by atoms with Gasteiger partial charge in [0.25, 0.3) is 0 Å². The molecule has 0 unspecified atom stereocenters. The summed E-state index contributed by atoms with van der Waals surface area (Å²) in [6, 6.07) is 7.70. The van der Waals surface area contributed by atoms with Crippen LogP contribution in [0.4, 0.5) is 10.1 Å². The molecule has 1 aromatic carbocycles. The van der Waals surface area contributed by atoms with Crippen LogP contribution < -0.4 is 10.5 Å². The first-order valence-electron chi connectivity index (χ1n) is 4.38. The Bertz CT molecular complexity index is 459. The molecular weight excluding hydrogens is 195 g/mol. The number of nitrogens with zero attached hydrogens (tertiary/aromatic N) is 1. The van der Waals surface area contributed by atoms with Crippen LogP contribution >= 0.6 is 0 Å². The molecule has 0 aliphatic heterocycles. The van der Waals surface area contributed by atoms with Crippen LogP contribution in [-0.4, -0.2) is 4.98 Å². The quantitative estimate of drug-likeness (QED) is 0.765. The molecule has 2 rings (SSSR count). The summed E-state index contributed by atoms with van der Waals surface area (Å²) in [5.41, 5.74) is 5.45. The highest BCUT2D eigenvalue weighted by Gasteiger charge is 2.01.